The van der Waals surface area contributed by atoms with Gasteiger partial charge in [-0.25, -0.2) is 8.42 Å². The first-order chi connectivity index (χ1) is 5.41. The monoisotopic (exact) mass is 198 g/mol. The lowest BCUT2D eigenvalue weighted by atomic mass is 10.4. The van der Waals surface area contributed by atoms with Gasteiger partial charge in [-0.3, -0.25) is 4.55 Å². The quantitative estimate of drug-likeness (QED) is 0.388. The molecule has 76 valence electrons. The molecule has 0 fully saturated rings. The van der Waals surface area contributed by atoms with Crippen LogP contribution in [0.5, 0.6) is 0 Å². The molecule has 0 radical (unpaired) electrons. The van der Waals surface area contributed by atoms with Crippen molar-refractivity contribution in [2.45, 2.75) is 26.7 Å². The Morgan fingerprint density at radius 3 is 1.67 bits per heavy atom. The van der Waals surface area contributed by atoms with Gasteiger partial charge in [-0.05, 0) is 25.9 Å². The summed E-state index contributed by atoms with van der Waals surface area (Å²) in [5.74, 6) is 0. The fraction of sp³-hybridized carbons (Fsp3) is 1.00. The standard InChI is InChI=1S/C6H15N.H2O4S/c1-3-5-7-6-4-2;1-5(2,3)4/h7H,3-6H2,1-2H3;(H2,1,2,3,4)/p-1. The van der Waals surface area contributed by atoms with Gasteiger partial charge in [-0.15, -0.1) is 0 Å². The number of nitrogens with one attached hydrogen (secondary N) is 1. The van der Waals surface area contributed by atoms with Crippen LogP contribution in [0.15, 0.2) is 0 Å². The van der Waals surface area contributed by atoms with Crippen molar-refractivity contribution in [3.63, 3.8) is 0 Å². The second-order valence-electron chi connectivity index (χ2n) is 2.18. The van der Waals surface area contributed by atoms with Gasteiger partial charge >= 0.3 is 0 Å². The Balaban J connectivity index is 0. The maximum Gasteiger partial charge on any atom is 0.215 e. The van der Waals surface area contributed by atoms with Crippen molar-refractivity contribution in [1.29, 1.82) is 0 Å². The van der Waals surface area contributed by atoms with Gasteiger partial charge in [0.15, 0.2) is 0 Å². The zero-order valence-corrected chi connectivity index (χ0v) is 8.23. The topological polar surface area (TPSA) is 89.5 Å². The molecule has 0 heterocycles. The molecule has 0 unspecified atom stereocenters. The van der Waals surface area contributed by atoms with E-state index in [1.165, 1.54) is 25.9 Å². The molecule has 0 saturated carbocycles. The predicted molar refractivity (Wildman–Crippen MR) is 45.8 cm³/mol. The lowest BCUT2D eigenvalue weighted by molar-refractivity contribution is 0.366. The van der Waals surface area contributed by atoms with Gasteiger partial charge in [-0.1, -0.05) is 13.8 Å². The predicted octanol–water partition coefficient (Wildman–Crippen LogP) is 0.401. The van der Waals surface area contributed by atoms with Crippen molar-refractivity contribution in [3.05, 3.63) is 0 Å². The Morgan fingerprint density at radius 2 is 1.50 bits per heavy atom. The Kier molecular flexibility index (Phi) is 10.7. The van der Waals surface area contributed by atoms with Crippen LogP contribution in [-0.2, 0) is 10.4 Å². The molecular formula is C6H16NO4S-. The van der Waals surface area contributed by atoms with E-state index in [1.807, 2.05) is 0 Å². The van der Waals surface area contributed by atoms with E-state index in [0.717, 1.165) is 0 Å². The first kappa shape index (κ1) is 14.4. The van der Waals surface area contributed by atoms with E-state index in [0.29, 0.717) is 0 Å². The number of rotatable bonds is 4. The van der Waals surface area contributed by atoms with E-state index in [9.17, 15) is 0 Å². The summed E-state index contributed by atoms with van der Waals surface area (Å²) in [5.41, 5.74) is 0. The van der Waals surface area contributed by atoms with Gasteiger partial charge in [0.2, 0.25) is 10.4 Å². The molecule has 0 aromatic carbocycles. The van der Waals surface area contributed by atoms with Crippen LogP contribution in [0.1, 0.15) is 26.7 Å². The van der Waals surface area contributed by atoms with Crippen molar-refractivity contribution in [3.8, 4) is 0 Å². The molecule has 0 amide bonds. The van der Waals surface area contributed by atoms with Crippen molar-refractivity contribution in [2.24, 2.45) is 0 Å². The van der Waals surface area contributed by atoms with Crippen LogP contribution in [0.2, 0.25) is 0 Å². The van der Waals surface area contributed by atoms with Crippen LogP contribution in [0.25, 0.3) is 0 Å². The van der Waals surface area contributed by atoms with Gasteiger partial charge in [0, 0.05) is 0 Å². The van der Waals surface area contributed by atoms with E-state index in [4.69, 9.17) is 17.5 Å². The lowest BCUT2D eigenvalue weighted by Crippen LogP contribution is -2.14. The molecule has 0 spiro atoms. The summed E-state index contributed by atoms with van der Waals surface area (Å²) in [6.45, 7) is 6.72. The number of hydrogen-bond acceptors (Lipinski definition) is 4. The summed E-state index contributed by atoms with van der Waals surface area (Å²) >= 11 is 0. The van der Waals surface area contributed by atoms with Crippen LogP contribution in [0.4, 0.5) is 0 Å². The average molecular weight is 198 g/mol. The third-order valence-electron chi connectivity index (χ3n) is 0.854. The number of hydrogen-bond donors (Lipinski definition) is 2. The molecule has 0 saturated heterocycles. The summed E-state index contributed by atoms with van der Waals surface area (Å²) in [5, 5.41) is 3.28. The molecule has 0 rings (SSSR count). The average Bonchev–Trinajstić information content (AvgIpc) is 1.85. The zero-order chi connectivity index (χ0) is 10.0. The highest BCUT2D eigenvalue weighted by Gasteiger charge is 1.76. The second-order valence-corrected chi connectivity index (χ2v) is 3.03. The van der Waals surface area contributed by atoms with Crippen molar-refractivity contribution in [1.82, 2.24) is 5.32 Å². The highest BCUT2D eigenvalue weighted by atomic mass is 32.3. The molecule has 0 aliphatic rings. The molecule has 2 N–H and O–H groups in total. The largest absolute Gasteiger partial charge is 0.726 e. The second kappa shape index (κ2) is 8.92. The molecule has 0 aromatic heterocycles. The normalized spacial score (nSPS) is 10.3. The highest BCUT2D eigenvalue weighted by Crippen LogP contribution is 1.71. The lowest BCUT2D eigenvalue weighted by Gasteiger charge is -1.95. The van der Waals surface area contributed by atoms with Crippen LogP contribution in [0, 0.1) is 0 Å². The Morgan fingerprint density at radius 1 is 1.25 bits per heavy atom. The summed E-state index contributed by atoms with van der Waals surface area (Å²) in [4.78, 5) is 0. The molecule has 5 nitrogen and oxygen atoms in total. The summed E-state index contributed by atoms with van der Waals surface area (Å²) in [6.07, 6.45) is 2.50. The van der Waals surface area contributed by atoms with Gasteiger partial charge in [0.1, 0.15) is 0 Å². The SMILES string of the molecule is CCCNCCC.O=S(=O)([O-])O. The molecule has 6 heteroatoms. The minimum atomic E-state index is -4.92. The van der Waals surface area contributed by atoms with Crippen LogP contribution in [0.3, 0.4) is 0 Å². The van der Waals surface area contributed by atoms with E-state index in [-0.39, 0.29) is 0 Å². The van der Waals surface area contributed by atoms with E-state index in [2.05, 4.69) is 19.2 Å². The summed E-state index contributed by atoms with van der Waals surface area (Å²) in [7, 11) is -4.92. The first-order valence-electron chi connectivity index (χ1n) is 3.80. The van der Waals surface area contributed by atoms with Gasteiger partial charge < -0.3 is 9.87 Å². The molecule has 12 heavy (non-hydrogen) atoms. The summed E-state index contributed by atoms with van der Waals surface area (Å²) in [6, 6.07) is 0. The van der Waals surface area contributed by atoms with E-state index >= 15 is 0 Å². The zero-order valence-electron chi connectivity index (χ0n) is 7.41. The Bertz CT molecular complexity index is 154. The fourth-order valence-electron chi connectivity index (χ4n) is 0.479. The van der Waals surface area contributed by atoms with Crippen LogP contribution >= 0.6 is 0 Å². The summed E-state index contributed by atoms with van der Waals surface area (Å²) < 4.78 is 32.8. The highest BCUT2D eigenvalue weighted by molar-refractivity contribution is 7.79. The van der Waals surface area contributed by atoms with Crippen molar-refractivity contribution >= 4 is 10.4 Å². The Hall–Kier alpha value is -0.170. The molecule has 0 atom stereocenters. The Labute approximate surface area is 73.8 Å². The van der Waals surface area contributed by atoms with Crippen molar-refractivity contribution < 1.29 is 17.5 Å². The fourth-order valence-corrected chi connectivity index (χ4v) is 0.479. The minimum Gasteiger partial charge on any atom is -0.726 e. The minimum absolute atomic E-state index is 1.17. The van der Waals surface area contributed by atoms with Crippen LogP contribution < -0.4 is 5.32 Å². The smallest absolute Gasteiger partial charge is 0.215 e. The van der Waals surface area contributed by atoms with Gasteiger partial charge in [0.25, 0.3) is 0 Å². The molecule has 0 bridgehead atoms. The molecular weight excluding hydrogens is 182 g/mol. The third kappa shape index (κ3) is 52.2. The van der Waals surface area contributed by atoms with E-state index in [1.54, 1.807) is 0 Å². The van der Waals surface area contributed by atoms with Gasteiger partial charge in [-0.2, -0.15) is 0 Å². The molecule has 0 aliphatic carbocycles. The van der Waals surface area contributed by atoms with Crippen molar-refractivity contribution in [2.75, 3.05) is 13.1 Å². The first-order valence-corrected chi connectivity index (χ1v) is 5.17. The van der Waals surface area contributed by atoms with E-state index < -0.39 is 10.4 Å². The maximum atomic E-state index is 8.63. The van der Waals surface area contributed by atoms with Gasteiger partial charge in [0.05, 0.1) is 0 Å². The third-order valence-corrected chi connectivity index (χ3v) is 0.854. The molecule has 0 aliphatic heterocycles. The maximum absolute atomic E-state index is 8.63. The van der Waals surface area contributed by atoms with Crippen LogP contribution in [-0.4, -0.2) is 30.6 Å². The molecule has 0 aromatic rings.